The molecule has 1 aromatic heterocycles. The van der Waals surface area contributed by atoms with Crippen LogP contribution in [0.1, 0.15) is 16.2 Å². The number of nitrogens with zero attached hydrogens (tertiary/aromatic N) is 1. The molecule has 0 bridgehead atoms. The summed E-state index contributed by atoms with van der Waals surface area (Å²) in [5.74, 6) is -1.70. The maximum atomic E-state index is 13.5. The molecule has 23 heavy (non-hydrogen) atoms. The number of aromatic nitrogens is 2. The SMILES string of the molecule is O=C(NCc1ncc(-c2ccccc2)[nH]1)c1ccc(F)cc1F. The number of nitrogens with one attached hydrogen (secondary N) is 2. The minimum absolute atomic E-state index is 0.114. The van der Waals surface area contributed by atoms with Crippen molar-refractivity contribution in [3.05, 3.63) is 77.8 Å². The van der Waals surface area contributed by atoms with Gasteiger partial charge in [0.05, 0.1) is 24.0 Å². The third-order valence-corrected chi connectivity index (χ3v) is 3.31. The van der Waals surface area contributed by atoms with Crippen LogP contribution in [0.15, 0.2) is 54.7 Å². The molecule has 0 aliphatic carbocycles. The first kappa shape index (κ1) is 14.9. The van der Waals surface area contributed by atoms with E-state index < -0.39 is 17.5 Å². The molecule has 116 valence electrons. The lowest BCUT2D eigenvalue weighted by Crippen LogP contribution is -2.24. The largest absolute Gasteiger partial charge is 0.345 e. The predicted molar refractivity (Wildman–Crippen MR) is 81.6 cm³/mol. The molecule has 2 aromatic carbocycles. The Bertz CT molecular complexity index is 831. The molecule has 0 atom stereocenters. The van der Waals surface area contributed by atoms with Crippen LogP contribution < -0.4 is 5.32 Å². The second-order valence-electron chi connectivity index (χ2n) is 4.92. The Kier molecular flexibility index (Phi) is 4.14. The van der Waals surface area contributed by atoms with Crippen LogP contribution in [0.2, 0.25) is 0 Å². The molecule has 0 spiro atoms. The molecule has 0 aliphatic rings. The number of carbonyl (C=O) groups is 1. The lowest BCUT2D eigenvalue weighted by atomic mass is 10.2. The first-order chi connectivity index (χ1) is 11.1. The monoisotopic (exact) mass is 313 g/mol. The Morgan fingerprint density at radius 2 is 1.91 bits per heavy atom. The number of rotatable bonds is 4. The average Bonchev–Trinajstić information content (AvgIpc) is 3.02. The summed E-state index contributed by atoms with van der Waals surface area (Å²) >= 11 is 0. The summed E-state index contributed by atoms with van der Waals surface area (Å²) < 4.78 is 26.4. The Morgan fingerprint density at radius 1 is 1.13 bits per heavy atom. The number of halogens is 2. The molecule has 0 saturated carbocycles. The van der Waals surface area contributed by atoms with Crippen molar-refractivity contribution in [2.75, 3.05) is 0 Å². The highest BCUT2D eigenvalue weighted by atomic mass is 19.1. The van der Waals surface area contributed by atoms with Crippen LogP contribution in [-0.2, 0) is 6.54 Å². The first-order valence-electron chi connectivity index (χ1n) is 6.96. The number of H-pyrrole nitrogens is 1. The van der Waals surface area contributed by atoms with E-state index in [4.69, 9.17) is 0 Å². The van der Waals surface area contributed by atoms with Gasteiger partial charge in [-0.15, -0.1) is 0 Å². The number of amides is 1. The molecule has 6 heteroatoms. The van der Waals surface area contributed by atoms with Gasteiger partial charge in [0, 0.05) is 6.07 Å². The molecule has 0 saturated heterocycles. The molecule has 4 nitrogen and oxygen atoms in total. The van der Waals surface area contributed by atoms with Gasteiger partial charge in [-0.2, -0.15) is 0 Å². The molecule has 3 aromatic rings. The van der Waals surface area contributed by atoms with Gasteiger partial charge in [0.1, 0.15) is 17.5 Å². The maximum absolute atomic E-state index is 13.5. The van der Waals surface area contributed by atoms with E-state index in [-0.39, 0.29) is 12.1 Å². The third kappa shape index (κ3) is 3.42. The number of imidazole rings is 1. The van der Waals surface area contributed by atoms with Gasteiger partial charge in [-0.25, -0.2) is 13.8 Å². The van der Waals surface area contributed by atoms with Gasteiger partial charge in [0.25, 0.3) is 5.91 Å². The fourth-order valence-electron chi connectivity index (χ4n) is 2.15. The zero-order chi connectivity index (χ0) is 16.2. The van der Waals surface area contributed by atoms with E-state index in [1.807, 2.05) is 30.3 Å². The zero-order valence-corrected chi connectivity index (χ0v) is 12.0. The second kappa shape index (κ2) is 6.39. The van der Waals surface area contributed by atoms with Crippen molar-refractivity contribution in [2.45, 2.75) is 6.54 Å². The Labute approximate surface area is 131 Å². The predicted octanol–water partition coefficient (Wildman–Crippen LogP) is 3.28. The van der Waals surface area contributed by atoms with Gasteiger partial charge in [-0.05, 0) is 17.7 Å². The van der Waals surface area contributed by atoms with Crippen molar-refractivity contribution in [1.29, 1.82) is 0 Å². The van der Waals surface area contributed by atoms with Crippen LogP contribution >= 0.6 is 0 Å². The lowest BCUT2D eigenvalue weighted by Gasteiger charge is -2.04. The van der Waals surface area contributed by atoms with Crippen LogP contribution in [0.5, 0.6) is 0 Å². The van der Waals surface area contributed by atoms with E-state index in [0.717, 1.165) is 23.4 Å². The fraction of sp³-hybridized carbons (Fsp3) is 0.0588. The number of aromatic amines is 1. The zero-order valence-electron chi connectivity index (χ0n) is 12.0. The highest BCUT2D eigenvalue weighted by Crippen LogP contribution is 2.16. The highest BCUT2D eigenvalue weighted by Gasteiger charge is 2.12. The minimum atomic E-state index is -0.896. The Balaban J connectivity index is 1.67. The quantitative estimate of drug-likeness (QED) is 0.776. The summed E-state index contributed by atoms with van der Waals surface area (Å²) in [5.41, 5.74) is 1.59. The third-order valence-electron chi connectivity index (χ3n) is 3.31. The van der Waals surface area contributed by atoms with Crippen molar-refractivity contribution in [3.63, 3.8) is 0 Å². The van der Waals surface area contributed by atoms with Crippen molar-refractivity contribution in [1.82, 2.24) is 15.3 Å². The van der Waals surface area contributed by atoms with Gasteiger partial charge in [-0.3, -0.25) is 4.79 Å². The van der Waals surface area contributed by atoms with Gasteiger partial charge < -0.3 is 10.3 Å². The molecule has 2 N–H and O–H groups in total. The molecular weight excluding hydrogens is 300 g/mol. The second-order valence-corrected chi connectivity index (χ2v) is 4.92. The van der Waals surface area contributed by atoms with Gasteiger partial charge in [-0.1, -0.05) is 30.3 Å². The van der Waals surface area contributed by atoms with Crippen molar-refractivity contribution in [3.8, 4) is 11.3 Å². The Morgan fingerprint density at radius 3 is 2.65 bits per heavy atom. The van der Waals surface area contributed by atoms with Crippen molar-refractivity contribution >= 4 is 5.91 Å². The molecule has 1 amide bonds. The van der Waals surface area contributed by atoms with Gasteiger partial charge in [0.15, 0.2) is 0 Å². The normalized spacial score (nSPS) is 10.5. The standard InChI is InChI=1S/C17H13F2N3O/c18-12-6-7-13(14(19)8-12)17(23)21-10-16-20-9-15(22-16)11-4-2-1-3-5-11/h1-9H,10H2,(H,20,22)(H,21,23). The first-order valence-corrected chi connectivity index (χ1v) is 6.96. The number of hydrogen-bond donors (Lipinski definition) is 2. The van der Waals surface area contributed by atoms with Crippen LogP contribution in [0.4, 0.5) is 8.78 Å². The van der Waals surface area contributed by atoms with E-state index in [9.17, 15) is 13.6 Å². The number of carbonyl (C=O) groups excluding carboxylic acids is 1. The summed E-state index contributed by atoms with van der Waals surface area (Å²) in [4.78, 5) is 19.2. The number of hydrogen-bond acceptors (Lipinski definition) is 2. The average molecular weight is 313 g/mol. The Hall–Kier alpha value is -3.02. The van der Waals surface area contributed by atoms with Crippen LogP contribution in [0.25, 0.3) is 11.3 Å². The number of benzene rings is 2. The molecule has 0 fully saturated rings. The summed E-state index contributed by atoms with van der Waals surface area (Å²) in [6.07, 6.45) is 1.66. The van der Waals surface area contributed by atoms with E-state index in [1.165, 1.54) is 0 Å². The van der Waals surface area contributed by atoms with Crippen LogP contribution in [-0.4, -0.2) is 15.9 Å². The molecule has 0 radical (unpaired) electrons. The smallest absolute Gasteiger partial charge is 0.254 e. The topological polar surface area (TPSA) is 57.8 Å². The molecule has 1 heterocycles. The van der Waals surface area contributed by atoms with E-state index >= 15 is 0 Å². The van der Waals surface area contributed by atoms with E-state index in [1.54, 1.807) is 6.20 Å². The van der Waals surface area contributed by atoms with Crippen molar-refractivity contribution < 1.29 is 13.6 Å². The van der Waals surface area contributed by atoms with Gasteiger partial charge >= 0.3 is 0 Å². The highest BCUT2D eigenvalue weighted by molar-refractivity contribution is 5.94. The minimum Gasteiger partial charge on any atom is -0.345 e. The van der Waals surface area contributed by atoms with Crippen LogP contribution in [0, 0.1) is 11.6 Å². The summed E-state index contributed by atoms with van der Waals surface area (Å²) in [7, 11) is 0. The van der Waals surface area contributed by atoms with Crippen molar-refractivity contribution in [2.24, 2.45) is 0 Å². The molecule has 0 aliphatic heterocycles. The molecule has 0 unspecified atom stereocenters. The molecular formula is C17H13F2N3O. The van der Waals surface area contributed by atoms with E-state index in [2.05, 4.69) is 15.3 Å². The van der Waals surface area contributed by atoms with E-state index in [0.29, 0.717) is 11.9 Å². The molecule has 3 rings (SSSR count). The summed E-state index contributed by atoms with van der Waals surface area (Å²) in [5, 5.41) is 2.55. The lowest BCUT2D eigenvalue weighted by molar-refractivity contribution is 0.0946. The summed E-state index contributed by atoms with van der Waals surface area (Å²) in [6, 6.07) is 12.4. The summed E-state index contributed by atoms with van der Waals surface area (Å²) in [6.45, 7) is 0.114. The maximum Gasteiger partial charge on any atom is 0.254 e. The van der Waals surface area contributed by atoms with Crippen LogP contribution in [0.3, 0.4) is 0 Å². The van der Waals surface area contributed by atoms with Gasteiger partial charge in [0.2, 0.25) is 0 Å². The fourth-order valence-corrected chi connectivity index (χ4v) is 2.15.